The molecule has 0 radical (unpaired) electrons. The van der Waals surface area contributed by atoms with Crippen molar-refractivity contribution in [3.63, 3.8) is 0 Å². The fraction of sp³-hybridized carbons (Fsp3) is 0.286. The summed E-state index contributed by atoms with van der Waals surface area (Å²) in [6, 6.07) is 4.68. The van der Waals surface area contributed by atoms with Crippen molar-refractivity contribution >= 4 is 28.9 Å². The summed E-state index contributed by atoms with van der Waals surface area (Å²) in [5.41, 5.74) is 0.457. The van der Waals surface area contributed by atoms with Gasteiger partial charge in [0.15, 0.2) is 5.96 Å². The monoisotopic (exact) mass is 326 g/mol. The summed E-state index contributed by atoms with van der Waals surface area (Å²) in [4.78, 5) is 10.2. The Morgan fingerprint density at radius 3 is 2.95 bits per heavy atom. The number of aromatic nitrogens is 1. The molecular weight excluding hydrogens is 311 g/mol. The van der Waals surface area contributed by atoms with Gasteiger partial charge in [-0.25, -0.2) is 9.37 Å². The van der Waals surface area contributed by atoms with Gasteiger partial charge in [-0.2, -0.15) is 0 Å². The molecule has 0 bridgehead atoms. The molecule has 0 saturated carbocycles. The highest BCUT2D eigenvalue weighted by Gasteiger charge is 2.12. The van der Waals surface area contributed by atoms with Crippen molar-refractivity contribution in [2.75, 3.05) is 14.1 Å². The molecular formula is C14H16ClFN4S. The standard InChI is InChI=1S/C14H16ClFN4S/c1-17-14(19-8-13-18-6-7-21-13)20(2)9-10-11(15)4-3-5-12(10)16/h3-7H,8-9H2,1-2H3,(H,17,19). The number of thiazole rings is 1. The van der Waals surface area contributed by atoms with E-state index in [2.05, 4.69) is 15.3 Å². The number of aliphatic imine (C=N–C) groups is 1. The van der Waals surface area contributed by atoms with Gasteiger partial charge in [-0.3, -0.25) is 4.99 Å². The summed E-state index contributed by atoms with van der Waals surface area (Å²) in [5.74, 6) is 0.342. The van der Waals surface area contributed by atoms with Crippen LogP contribution in [0.1, 0.15) is 10.6 Å². The molecule has 0 atom stereocenters. The van der Waals surface area contributed by atoms with Crippen molar-refractivity contribution in [1.29, 1.82) is 0 Å². The van der Waals surface area contributed by atoms with Crippen LogP contribution in [-0.2, 0) is 13.1 Å². The maximum absolute atomic E-state index is 13.8. The molecule has 0 aliphatic rings. The van der Waals surface area contributed by atoms with Gasteiger partial charge in [-0.05, 0) is 12.1 Å². The third kappa shape index (κ3) is 4.15. The van der Waals surface area contributed by atoms with Gasteiger partial charge < -0.3 is 10.2 Å². The number of nitrogens with one attached hydrogen (secondary N) is 1. The first-order valence-corrected chi connectivity index (χ1v) is 7.60. The van der Waals surface area contributed by atoms with Crippen LogP contribution in [0.5, 0.6) is 0 Å². The smallest absolute Gasteiger partial charge is 0.194 e. The number of nitrogens with zero attached hydrogens (tertiary/aromatic N) is 3. The summed E-state index contributed by atoms with van der Waals surface area (Å²) in [7, 11) is 3.52. The van der Waals surface area contributed by atoms with Crippen molar-refractivity contribution < 1.29 is 4.39 Å². The zero-order valence-corrected chi connectivity index (χ0v) is 13.4. The molecule has 0 aliphatic heterocycles. The summed E-state index contributed by atoms with van der Waals surface area (Å²) in [5, 5.41) is 6.49. The van der Waals surface area contributed by atoms with Crippen LogP contribution in [0.3, 0.4) is 0 Å². The molecule has 0 fully saturated rings. The van der Waals surface area contributed by atoms with Crippen molar-refractivity contribution in [3.8, 4) is 0 Å². The molecule has 1 N–H and O–H groups in total. The number of hydrogen-bond donors (Lipinski definition) is 1. The Bertz CT molecular complexity index is 595. The third-order valence-corrected chi connectivity index (χ3v) is 4.05. The Morgan fingerprint density at radius 1 is 1.52 bits per heavy atom. The number of hydrogen-bond acceptors (Lipinski definition) is 3. The molecule has 1 heterocycles. The number of rotatable bonds is 4. The predicted octanol–water partition coefficient (Wildman–Crippen LogP) is 3.14. The zero-order valence-electron chi connectivity index (χ0n) is 11.8. The lowest BCUT2D eigenvalue weighted by molar-refractivity contribution is 0.460. The highest BCUT2D eigenvalue weighted by molar-refractivity contribution is 7.09. The molecule has 0 saturated heterocycles. The molecule has 0 aliphatic carbocycles. The highest BCUT2D eigenvalue weighted by Crippen LogP contribution is 2.20. The molecule has 1 aromatic heterocycles. The van der Waals surface area contributed by atoms with E-state index >= 15 is 0 Å². The van der Waals surface area contributed by atoms with E-state index in [9.17, 15) is 4.39 Å². The Kier molecular flexibility index (Phi) is 5.52. The maximum atomic E-state index is 13.8. The molecule has 2 aromatic rings. The molecule has 1 aromatic carbocycles. The lowest BCUT2D eigenvalue weighted by Gasteiger charge is -2.22. The minimum Gasteiger partial charge on any atom is -0.350 e. The minimum absolute atomic E-state index is 0.315. The lowest BCUT2D eigenvalue weighted by Crippen LogP contribution is -2.38. The van der Waals surface area contributed by atoms with E-state index in [1.807, 2.05) is 17.3 Å². The fourth-order valence-corrected chi connectivity index (χ4v) is 2.65. The van der Waals surface area contributed by atoms with E-state index in [0.29, 0.717) is 29.6 Å². The van der Waals surface area contributed by atoms with Crippen LogP contribution in [0, 0.1) is 5.82 Å². The van der Waals surface area contributed by atoms with Crippen molar-refractivity contribution in [2.45, 2.75) is 13.1 Å². The van der Waals surface area contributed by atoms with Crippen LogP contribution >= 0.6 is 22.9 Å². The first kappa shape index (κ1) is 15.7. The van der Waals surface area contributed by atoms with E-state index in [1.54, 1.807) is 36.7 Å². The van der Waals surface area contributed by atoms with Gasteiger partial charge in [0.1, 0.15) is 10.8 Å². The van der Waals surface area contributed by atoms with Gasteiger partial charge in [-0.1, -0.05) is 17.7 Å². The average Bonchev–Trinajstić information content (AvgIpc) is 2.97. The van der Waals surface area contributed by atoms with E-state index in [4.69, 9.17) is 11.6 Å². The topological polar surface area (TPSA) is 40.5 Å². The van der Waals surface area contributed by atoms with E-state index in [1.165, 1.54) is 6.07 Å². The minimum atomic E-state index is -0.315. The molecule has 2 rings (SSSR count). The summed E-state index contributed by atoms with van der Waals surface area (Å²) in [6.07, 6.45) is 1.76. The Labute approximate surface area is 132 Å². The number of halogens is 2. The Morgan fingerprint density at radius 2 is 2.33 bits per heavy atom. The molecule has 0 spiro atoms. The van der Waals surface area contributed by atoms with E-state index in [-0.39, 0.29) is 5.82 Å². The number of benzene rings is 1. The van der Waals surface area contributed by atoms with Crippen molar-refractivity contribution in [1.82, 2.24) is 15.2 Å². The maximum Gasteiger partial charge on any atom is 0.194 e. The first-order chi connectivity index (χ1) is 10.1. The van der Waals surface area contributed by atoms with Gasteiger partial charge in [0.05, 0.1) is 6.54 Å². The second-order valence-corrected chi connectivity index (χ2v) is 5.77. The summed E-state index contributed by atoms with van der Waals surface area (Å²) >= 11 is 7.61. The quantitative estimate of drug-likeness (QED) is 0.693. The van der Waals surface area contributed by atoms with E-state index < -0.39 is 0 Å². The normalized spacial score (nSPS) is 11.5. The largest absolute Gasteiger partial charge is 0.350 e. The lowest BCUT2D eigenvalue weighted by atomic mass is 10.2. The van der Waals surface area contributed by atoms with E-state index in [0.717, 1.165) is 5.01 Å². The zero-order chi connectivity index (χ0) is 15.2. The molecule has 7 heteroatoms. The van der Waals surface area contributed by atoms with Gasteiger partial charge in [0, 0.05) is 42.8 Å². The molecule has 21 heavy (non-hydrogen) atoms. The van der Waals surface area contributed by atoms with Gasteiger partial charge in [0.2, 0.25) is 0 Å². The predicted molar refractivity (Wildman–Crippen MR) is 85.2 cm³/mol. The molecule has 0 unspecified atom stereocenters. The van der Waals surface area contributed by atoms with Crippen molar-refractivity contribution in [2.24, 2.45) is 4.99 Å². The first-order valence-electron chi connectivity index (χ1n) is 6.35. The average molecular weight is 327 g/mol. The molecule has 0 amide bonds. The molecule has 112 valence electrons. The van der Waals surface area contributed by atoms with Crippen LogP contribution in [0.2, 0.25) is 5.02 Å². The summed E-state index contributed by atoms with van der Waals surface area (Å²) in [6.45, 7) is 0.919. The van der Waals surface area contributed by atoms with Crippen LogP contribution in [-0.4, -0.2) is 29.9 Å². The second kappa shape index (κ2) is 7.38. The van der Waals surface area contributed by atoms with Crippen LogP contribution in [0.25, 0.3) is 0 Å². The van der Waals surface area contributed by atoms with Gasteiger partial charge in [0.25, 0.3) is 0 Å². The Hall–Kier alpha value is -1.66. The molecule has 4 nitrogen and oxygen atoms in total. The SMILES string of the molecule is CN=C(NCc1nccs1)N(C)Cc1c(F)cccc1Cl. The fourth-order valence-electron chi connectivity index (χ4n) is 1.88. The third-order valence-electron chi connectivity index (χ3n) is 2.91. The number of guanidine groups is 1. The van der Waals surface area contributed by atoms with Crippen LogP contribution in [0.15, 0.2) is 34.8 Å². The Balaban J connectivity index is 2.02. The van der Waals surface area contributed by atoms with Crippen molar-refractivity contribution in [3.05, 3.63) is 51.2 Å². The van der Waals surface area contributed by atoms with Gasteiger partial charge >= 0.3 is 0 Å². The summed E-state index contributed by atoms with van der Waals surface area (Å²) < 4.78 is 13.8. The van der Waals surface area contributed by atoms with Gasteiger partial charge in [-0.15, -0.1) is 11.3 Å². The van der Waals surface area contributed by atoms with Crippen LogP contribution in [0.4, 0.5) is 4.39 Å². The van der Waals surface area contributed by atoms with Crippen LogP contribution < -0.4 is 5.32 Å². The highest BCUT2D eigenvalue weighted by atomic mass is 35.5. The second-order valence-electron chi connectivity index (χ2n) is 4.38.